The minimum absolute atomic E-state index is 0.112. The summed E-state index contributed by atoms with van der Waals surface area (Å²) in [6.45, 7) is 8.10. The molecule has 7 heteroatoms. The van der Waals surface area contributed by atoms with E-state index in [9.17, 15) is 4.79 Å². The number of urea groups is 1. The Morgan fingerprint density at radius 3 is 2.64 bits per heavy atom. The predicted octanol–water partition coefficient (Wildman–Crippen LogP) is 2.78. The summed E-state index contributed by atoms with van der Waals surface area (Å²) >= 11 is 0. The minimum atomic E-state index is -0.247. The number of nitrogens with zero attached hydrogens (tertiary/aromatic N) is 4. The summed E-state index contributed by atoms with van der Waals surface area (Å²) in [6.07, 6.45) is 6.32. The molecule has 0 aromatic carbocycles. The van der Waals surface area contributed by atoms with Gasteiger partial charge in [-0.05, 0) is 27.2 Å². The Kier molecular flexibility index (Phi) is 4.85. The van der Waals surface area contributed by atoms with Crippen molar-refractivity contribution in [1.29, 1.82) is 0 Å². The molecule has 0 aliphatic heterocycles. The molecule has 2 heterocycles. The van der Waals surface area contributed by atoms with E-state index in [1.807, 2.05) is 31.8 Å². The van der Waals surface area contributed by atoms with Gasteiger partial charge in [0.2, 0.25) is 0 Å². The molecular formula is C15H24N6O. The lowest BCUT2D eigenvalue weighted by Crippen LogP contribution is -2.31. The first-order valence-electron chi connectivity index (χ1n) is 7.52. The second-order valence-electron chi connectivity index (χ2n) is 5.61. The molecule has 0 aliphatic rings. The summed E-state index contributed by atoms with van der Waals surface area (Å²) in [5.74, 6) is 0. The van der Waals surface area contributed by atoms with Crippen molar-refractivity contribution in [3.05, 3.63) is 29.8 Å². The molecule has 2 amide bonds. The number of anilines is 1. The average molecular weight is 304 g/mol. The molecule has 2 aromatic heterocycles. The van der Waals surface area contributed by atoms with Gasteiger partial charge in [-0.15, -0.1) is 0 Å². The fourth-order valence-electron chi connectivity index (χ4n) is 2.27. The first-order valence-corrected chi connectivity index (χ1v) is 7.52. The Morgan fingerprint density at radius 2 is 2.05 bits per heavy atom. The molecule has 0 saturated heterocycles. The van der Waals surface area contributed by atoms with Crippen molar-refractivity contribution in [2.24, 2.45) is 7.05 Å². The summed E-state index contributed by atoms with van der Waals surface area (Å²) < 4.78 is 3.64. The molecule has 2 aromatic rings. The predicted molar refractivity (Wildman–Crippen MR) is 85.7 cm³/mol. The van der Waals surface area contributed by atoms with E-state index < -0.39 is 0 Å². The van der Waals surface area contributed by atoms with Crippen molar-refractivity contribution in [3.63, 3.8) is 0 Å². The lowest BCUT2D eigenvalue weighted by Gasteiger charge is -2.14. The maximum absolute atomic E-state index is 12.1. The van der Waals surface area contributed by atoms with Crippen LogP contribution in [0.3, 0.4) is 0 Å². The van der Waals surface area contributed by atoms with E-state index in [1.165, 1.54) is 0 Å². The third kappa shape index (κ3) is 3.47. The third-order valence-corrected chi connectivity index (χ3v) is 3.87. The number of nitrogens with one attached hydrogen (secondary N) is 2. The molecule has 0 aliphatic carbocycles. The molecular weight excluding hydrogens is 280 g/mol. The Hall–Kier alpha value is -2.31. The van der Waals surface area contributed by atoms with E-state index >= 15 is 0 Å². The van der Waals surface area contributed by atoms with Crippen molar-refractivity contribution in [2.75, 3.05) is 5.32 Å². The SMILES string of the molecule is CC[C@H](C)n1ncc(NC(=O)N[C@H](C)c2cnn(C)c2)c1C. The number of amides is 2. The molecule has 0 bridgehead atoms. The van der Waals surface area contributed by atoms with Crippen molar-refractivity contribution >= 4 is 11.7 Å². The van der Waals surface area contributed by atoms with E-state index in [0.29, 0.717) is 6.04 Å². The molecule has 120 valence electrons. The molecule has 0 unspecified atom stereocenters. The normalized spacial score (nSPS) is 13.7. The fourth-order valence-corrected chi connectivity index (χ4v) is 2.27. The Labute approximate surface area is 130 Å². The zero-order valence-corrected chi connectivity index (χ0v) is 13.8. The molecule has 0 spiro atoms. The smallest absolute Gasteiger partial charge is 0.319 e. The first-order chi connectivity index (χ1) is 10.4. The van der Waals surface area contributed by atoms with Gasteiger partial charge in [0.1, 0.15) is 0 Å². The van der Waals surface area contributed by atoms with Crippen molar-refractivity contribution in [3.8, 4) is 0 Å². The Balaban J connectivity index is 1.99. The van der Waals surface area contributed by atoms with Gasteiger partial charge in [0.25, 0.3) is 0 Å². The molecule has 0 radical (unpaired) electrons. The lowest BCUT2D eigenvalue weighted by molar-refractivity contribution is 0.249. The molecule has 7 nitrogen and oxygen atoms in total. The number of carbonyl (C=O) groups excluding carboxylic acids is 1. The van der Waals surface area contributed by atoms with Gasteiger partial charge in [0, 0.05) is 24.8 Å². The number of hydrogen-bond donors (Lipinski definition) is 2. The van der Waals surface area contributed by atoms with Crippen LogP contribution in [-0.4, -0.2) is 25.6 Å². The summed E-state index contributed by atoms with van der Waals surface area (Å²) in [5, 5.41) is 14.2. The highest BCUT2D eigenvalue weighted by Gasteiger charge is 2.15. The van der Waals surface area contributed by atoms with Gasteiger partial charge in [-0.25, -0.2) is 4.79 Å². The van der Waals surface area contributed by atoms with Crippen molar-refractivity contribution in [2.45, 2.75) is 46.2 Å². The summed E-state index contributed by atoms with van der Waals surface area (Å²) in [6, 6.07) is -0.0466. The number of rotatable bonds is 5. The average Bonchev–Trinajstić information content (AvgIpc) is 3.05. The highest BCUT2D eigenvalue weighted by molar-refractivity contribution is 5.89. The summed E-state index contributed by atoms with van der Waals surface area (Å²) in [7, 11) is 1.85. The van der Waals surface area contributed by atoms with Crippen LogP contribution >= 0.6 is 0 Å². The van der Waals surface area contributed by atoms with Crippen LogP contribution in [0.25, 0.3) is 0 Å². The number of hydrogen-bond acceptors (Lipinski definition) is 3. The van der Waals surface area contributed by atoms with Crippen LogP contribution < -0.4 is 10.6 Å². The highest BCUT2D eigenvalue weighted by atomic mass is 16.2. The highest BCUT2D eigenvalue weighted by Crippen LogP contribution is 2.19. The molecule has 22 heavy (non-hydrogen) atoms. The van der Waals surface area contributed by atoms with Crippen molar-refractivity contribution < 1.29 is 4.79 Å². The maximum atomic E-state index is 12.1. The minimum Gasteiger partial charge on any atom is -0.331 e. The van der Waals surface area contributed by atoms with Gasteiger partial charge in [0.15, 0.2) is 0 Å². The summed E-state index contributed by atoms with van der Waals surface area (Å²) in [4.78, 5) is 12.1. The topological polar surface area (TPSA) is 76.8 Å². The van der Waals surface area contributed by atoms with Gasteiger partial charge in [-0.3, -0.25) is 9.36 Å². The second-order valence-corrected chi connectivity index (χ2v) is 5.61. The van der Waals surface area contributed by atoms with E-state index in [4.69, 9.17) is 0 Å². The van der Waals surface area contributed by atoms with Crippen LogP contribution in [0, 0.1) is 6.92 Å². The van der Waals surface area contributed by atoms with Crippen LogP contribution in [0.15, 0.2) is 18.6 Å². The maximum Gasteiger partial charge on any atom is 0.319 e. The van der Waals surface area contributed by atoms with Gasteiger partial charge < -0.3 is 10.6 Å². The molecule has 2 rings (SSSR count). The first kappa shape index (κ1) is 16.1. The van der Waals surface area contributed by atoms with Crippen LogP contribution in [0.2, 0.25) is 0 Å². The largest absolute Gasteiger partial charge is 0.331 e. The molecule has 2 atom stereocenters. The number of aromatic nitrogens is 4. The third-order valence-electron chi connectivity index (χ3n) is 3.87. The quantitative estimate of drug-likeness (QED) is 0.891. The standard InChI is InChI=1S/C15H24N6O/c1-6-10(2)21-12(4)14(8-17-21)19-15(22)18-11(3)13-7-16-20(5)9-13/h7-11H,6H2,1-5H3,(H2,18,19,22)/t10-,11+/m0/s1. The second kappa shape index (κ2) is 6.64. The molecule has 2 N–H and O–H groups in total. The van der Waals surface area contributed by atoms with Crippen LogP contribution in [-0.2, 0) is 7.05 Å². The fraction of sp³-hybridized carbons (Fsp3) is 0.533. The van der Waals surface area contributed by atoms with Gasteiger partial charge in [0.05, 0.1) is 29.8 Å². The van der Waals surface area contributed by atoms with E-state index in [1.54, 1.807) is 17.1 Å². The van der Waals surface area contributed by atoms with Crippen LogP contribution in [0.5, 0.6) is 0 Å². The van der Waals surface area contributed by atoms with Gasteiger partial charge >= 0.3 is 6.03 Å². The van der Waals surface area contributed by atoms with Crippen LogP contribution in [0.4, 0.5) is 10.5 Å². The van der Waals surface area contributed by atoms with Gasteiger partial charge in [-0.2, -0.15) is 10.2 Å². The molecule has 0 saturated carbocycles. The van der Waals surface area contributed by atoms with Crippen LogP contribution in [0.1, 0.15) is 50.5 Å². The van der Waals surface area contributed by atoms with E-state index in [-0.39, 0.29) is 12.1 Å². The van der Waals surface area contributed by atoms with E-state index in [2.05, 4.69) is 34.7 Å². The lowest BCUT2D eigenvalue weighted by atomic mass is 10.2. The number of carbonyl (C=O) groups is 1. The zero-order valence-electron chi connectivity index (χ0n) is 13.8. The van der Waals surface area contributed by atoms with Crippen molar-refractivity contribution in [1.82, 2.24) is 24.9 Å². The summed E-state index contributed by atoms with van der Waals surface area (Å²) in [5.41, 5.74) is 2.65. The van der Waals surface area contributed by atoms with E-state index in [0.717, 1.165) is 23.4 Å². The number of aryl methyl sites for hydroxylation is 1. The Bertz CT molecular complexity index is 644. The zero-order chi connectivity index (χ0) is 16.3. The Morgan fingerprint density at radius 1 is 1.32 bits per heavy atom. The monoisotopic (exact) mass is 304 g/mol. The van der Waals surface area contributed by atoms with Gasteiger partial charge in [-0.1, -0.05) is 6.92 Å². The molecule has 0 fully saturated rings.